The number of likely N-dealkylation sites (N-methyl/N-ethyl adjacent to an activating group) is 1. The number of piperazine rings is 1. The van der Waals surface area contributed by atoms with E-state index in [1.807, 2.05) is 6.07 Å². The van der Waals surface area contributed by atoms with Gasteiger partial charge in [-0.1, -0.05) is 12.1 Å². The van der Waals surface area contributed by atoms with Crippen LogP contribution in [0.2, 0.25) is 0 Å². The maximum absolute atomic E-state index is 13.2. The van der Waals surface area contributed by atoms with E-state index >= 15 is 0 Å². The zero-order chi connectivity index (χ0) is 13.1. The molecule has 18 heavy (non-hydrogen) atoms. The zero-order valence-corrected chi connectivity index (χ0v) is 11.8. The summed E-state index contributed by atoms with van der Waals surface area (Å²) in [4.78, 5) is 4.69. The van der Waals surface area contributed by atoms with Gasteiger partial charge < -0.3 is 4.90 Å². The molecule has 4 heteroatoms. The van der Waals surface area contributed by atoms with Crippen molar-refractivity contribution in [3.05, 3.63) is 35.1 Å². The molecule has 1 aliphatic heterocycles. The second-order valence-corrected chi connectivity index (χ2v) is 5.61. The Balaban J connectivity index is 1.94. The number of halogens is 2. The Morgan fingerprint density at radius 2 is 1.94 bits per heavy atom. The minimum absolute atomic E-state index is 0.0623. The van der Waals surface area contributed by atoms with Gasteiger partial charge in [-0.2, -0.15) is 0 Å². The molecule has 1 aliphatic rings. The molecular weight excluding hydrogens is 251 g/mol. The van der Waals surface area contributed by atoms with Crippen LogP contribution in [0.3, 0.4) is 0 Å². The third-order valence-corrected chi connectivity index (χ3v) is 3.95. The van der Waals surface area contributed by atoms with E-state index in [1.54, 1.807) is 13.0 Å². The molecule has 0 bridgehead atoms. The van der Waals surface area contributed by atoms with Crippen LogP contribution in [0.4, 0.5) is 4.39 Å². The topological polar surface area (TPSA) is 6.48 Å². The highest BCUT2D eigenvalue weighted by Gasteiger charge is 2.18. The third kappa shape index (κ3) is 3.44. The molecule has 1 unspecified atom stereocenters. The molecule has 1 atom stereocenters. The number of hydrogen-bond donors (Lipinski definition) is 0. The number of rotatable bonds is 3. The average Bonchev–Trinajstić information content (AvgIpc) is 2.35. The third-order valence-electron chi connectivity index (χ3n) is 3.56. The minimum atomic E-state index is -0.165. The van der Waals surface area contributed by atoms with Crippen molar-refractivity contribution in [1.82, 2.24) is 9.80 Å². The number of benzene rings is 1. The van der Waals surface area contributed by atoms with Gasteiger partial charge in [-0.05, 0) is 31.2 Å². The Morgan fingerprint density at radius 3 is 2.56 bits per heavy atom. The van der Waals surface area contributed by atoms with E-state index in [-0.39, 0.29) is 11.2 Å². The molecule has 0 saturated carbocycles. The summed E-state index contributed by atoms with van der Waals surface area (Å²) in [5.74, 6) is -0.165. The van der Waals surface area contributed by atoms with Crippen molar-refractivity contribution in [2.75, 3.05) is 39.8 Å². The summed E-state index contributed by atoms with van der Waals surface area (Å²) in [6, 6.07) is 5.14. The lowest BCUT2D eigenvalue weighted by Gasteiger charge is -2.33. The maximum atomic E-state index is 13.2. The average molecular weight is 271 g/mol. The highest BCUT2D eigenvalue weighted by atomic mass is 35.5. The molecule has 0 radical (unpaired) electrons. The fourth-order valence-corrected chi connectivity index (χ4v) is 2.56. The number of alkyl halides is 1. The fraction of sp³-hybridized carbons (Fsp3) is 0.571. The predicted molar refractivity (Wildman–Crippen MR) is 73.7 cm³/mol. The van der Waals surface area contributed by atoms with Crippen LogP contribution >= 0.6 is 11.6 Å². The molecule has 0 aromatic heterocycles. The molecule has 0 amide bonds. The molecule has 1 aromatic carbocycles. The quantitative estimate of drug-likeness (QED) is 0.779. The van der Waals surface area contributed by atoms with Crippen LogP contribution < -0.4 is 0 Å². The van der Waals surface area contributed by atoms with Crippen molar-refractivity contribution in [3.8, 4) is 0 Å². The van der Waals surface area contributed by atoms with Crippen molar-refractivity contribution in [2.45, 2.75) is 12.3 Å². The minimum Gasteiger partial charge on any atom is -0.304 e. The van der Waals surface area contributed by atoms with Gasteiger partial charge in [0.15, 0.2) is 0 Å². The first-order valence-electron chi connectivity index (χ1n) is 6.37. The highest BCUT2D eigenvalue weighted by Crippen LogP contribution is 2.24. The summed E-state index contributed by atoms with van der Waals surface area (Å²) < 4.78 is 13.2. The van der Waals surface area contributed by atoms with Crippen LogP contribution in [0, 0.1) is 12.7 Å². The zero-order valence-electron chi connectivity index (χ0n) is 11.0. The van der Waals surface area contributed by atoms with Crippen LogP contribution in [0.15, 0.2) is 18.2 Å². The molecule has 0 spiro atoms. The summed E-state index contributed by atoms with van der Waals surface area (Å²) in [7, 11) is 2.14. The first kappa shape index (κ1) is 13.8. The van der Waals surface area contributed by atoms with E-state index in [0.717, 1.165) is 38.3 Å². The Morgan fingerprint density at radius 1 is 1.28 bits per heavy atom. The monoisotopic (exact) mass is 270 g/mol. The van der Waals surface area contributed by atoms with E-state index in [0.29, 0.717) is 5.56 Å². The van der Waals surface area contributed by atoms with Crippen LogP contribution in [0.25, 0.3) is 0 Å². The Kier molecular flexibility index (Phi) is 4.60. The van der Waals surface area contributed by atoms with Crippen LogP contribution in [0.1, 0.15) is 16.5 Å². The van der Waals surface area contributed by atoms with Gasteiger partial charge in [0.2, 0.25) is 0 Å². The number of aryl methyl sites for hydroxylation is 1. The number of hydrogen-bond acceptors (Lipinski definition) is 2. The van der Waals surface area contributed by atoms with E-state index in [9.17, 15) is 4.39 Å². The summed E-state index contributed by atoms with van der Waals surface area (Å²) in [5, 5.41) is -0.0623. The van der Waals surface area contributed by atoms with Gasteiger partial charge in [-0.3, -0.25) is 4.90 Å². The van der Waals surface area contributed by atoms with E-state index in [4.69, 9.17) is 11.6 Å². The van der Waals surface area contributed by atoms with Crippen LogP contribution in [-0.2, 0) is 0 Å². The lowest BCUT2D eigenvalue weighted by Crippen LogP contribution is -2.45. The molecule has 100 valence electrons. The lowest BCUT2D eigenvalue weighted by atomic mass is 10.1. The maximum Gasteiger partial charge on any atom is 0.126 e. The van der Waals surface area contributed by atoms with Gasteiger partial charge in [0.25, 0.3) is 0 Å². The van der Waals surface area contributed by atoms with Crippen LogP contribution in [-0.4, -0.2) is 49.6 Å². The Labute approximate surface area is 113 Å². The Bertz CT molecular complexity index is 403. The highest BCUT2D eigenvalue weighted by molar-refractivity contribution is 6.21. The first-order chi connectivity index (χ1) is 8.56. The molecule has 2 nitrogen and oxygen atoms in total. The largest absolute Gasteiger partial charge is 0.304 e. The van der Waals surface area contributed by atoms with Gasteiger partial charge in [-0.15, -0.1) is 11.6 Å². The lowest BCUT2D eigenvalue weighted by molar-refractivity contribution is 0.154. The first-order valence-corrected chi connectivity index (χ1v) is 6.81. The molecule has 1 saturated heterocycles. The fourth-order valence-electron chi connectivity index (χ4n) is 2.23. The van der Waals surface area contributed by atoms with Crippen LogP contribution in [0.5, 0.6) is 0 Å². The Hall–Kier alpha value is -0.640. The van der Waals surface area contributed by atoms with Crippen molar-refractivity contribution in [3.63, 3.8) is 0 Å². The second kappa shape index (κ2) is 6.00. The van der Waals surface area contributed by atoms with E-state index in [1.165, 1.54) is 6.07 Å². The van der Waals surface area contributed by atoms with Gasteiger partial charge >= 0.3 is 0 Å². The normalized spacial score (nSPS) is 20.0. The predicted octanol–water partition coefficient (Wildman–Crippen LogP) is 2.66. The van der Waals surface area contributed by atoms with Gasteiger partial charge in [0.1, 0.15) is 5.82 Å². The van der Waals surface area contributed by atoms with Crippen molar-refractivity contribution in [2.24, 2.45) is 0 Å². The number of nitrogens with zero attached hydrogens (tertiary/aromatic N) is 2. The van der Waals surface area contributed by atoms with E-state index < -0.39 is 0 Å². The van der Waals surface area contributed by atoms with Crippen molar-refractivity contribution in [1.29, 1.82) is 0 Å². The molecule has 2 rings (SSSR count). The smallest absolute Gasteiger partial charge is 0.126 e. The van der Waals surface area contributed by atoms with E-state index in [2.05, 4.69) is 16.8 Å². The van der Waals surface area contributed by atoms with Gasteiger partial charge in [0, 0.05) is 32.7 Å². The van der Waals surface area contributed by atoms with Gasteiger partial charge in [0.05, 0.1) is 5.38 Å². The SMILES string of the molecule is Cc1cc(C(Cl)CN2CCN(C)CC2)ccc1F. The summed E-state index contributed by atoms with van der Waals surface area (Å²) >= 11 is 6.42. The van der Waals surface area contributed by atoms with Gasteiger partial charge in [-0.25, -0.2) is 4.39 Å². The molecule has 1 aromatic rings. The molecular formula is C14H20ClFN2. The molecule has 1 fully saturated rings. The second-order valence-electron chi connectivity index (χ2n) is 5.08. The van der Waals surface area contributed by atoms with Crippen molar-refractivity contribution < 1.29 is 4.39 Å². The molecule has 1 heterocycles. The standard InChI is InChI=1S/C14H20ClFN2/c1-11-9-12(3-4-14(11)16)13(15)10-18-7-5-17(2)6-8-18/h3-4,9,13H,5-8,10H2,1-2H3. The van der Waals surface area contributed by atoms with Crippen molar-refractivity contribution >= 4 is 11.6 Å². The summed E-state index contributed by atoms with van der Waals surface area (Å²) in [5.41, 5.74) is 1.67. The summed E-state index contributed by atoms with van der Waals surface area (Å²) in [6.45, 7) is 6.90. The summed E-state index contributed by atoms with van der Waals surface area (Å²) in [6.07, 6.45) is 0. The molecule has 0 N–H and O–H groups in total. The molecule has 0 aliphatic carbocycles.